The molecule has 15 atom stereocenters. The third-order valence-corrected chi connectivity index (χ3v) is 7.73. The van der Waals surface area contributed by atoms with E-state index in [1.54, 1.807) is 0 Å². The van der Waals surface area contributed by atoms with Crippen LogP contribution in [0.5, 0.6) is 0 Å². The fourth-order valence-corrected chi connectivity index (χ4v) is 5.27. The van der Waals surface area contributed by atoms with Gasteiger partial charge in [-0.2, -0.15) is 16.8 Å². The second-order valence-corrected chi connectivity index (χ2v) is 12.3. The Morgan fingerprint density at radius 1 is 0.682 bits per heavy atom. The molecule has 0 aromatic rings. The number of ether oxygens (including phenoxy) is 5. The Balaban J connectivity index is 1.96. The van der Waals surface area contributed by atoms with Gasteiger partial charge in [-0.1, -0.05) is 0 Å². The lowest BCUT2D eigenvalue weighted by molar-refractivity contribution is -0.379. The summed E-state index contributed by atoms with van der Waals surface area (Å²) >= 11 is 0. The lowest BCUT2D eigenvalue weighted by Gasteiger charge is -2.48. The Labute approximate surface area is 249 Å². The molecule has 22 nitrogen and oxygen atoms in total. The number of aliphatic hydroxyl groups is 7. The minimum absolute atomic E-state index is 0.807. The summed E-state index contributed by atoms with van der Waals surface area (Å²) in [6.45, 7) is 0.0643. The summed E-state index contributed by atoms with van der Waals surface area (Å²) in [5, 5.41) is 75.7. The van der Waals surface area contributed by atoms with Gasteiger partial charge in [0.15, 0.2) is 18.9 Å². The predicted octanol–water partition coefficient (Wildman–Crippen LogP) is -6.75. The van der Waals surface area contributed by atoms with Gasteiger partial charge in [-0.25, -0.2) is 8.37 Å². The highest BCUT2D eigenvalue weighted by molar-refractivity contribution is 7.81. The number of nitrogens with one attached hydrogen (secondary N) is 1. The number of rotatable bonds is 11. The molecule has 3 fully saturated rings. The molecule has 0 aliphatic carbocycles. The highest BCUT2D eigenvalue weighted by atomic mass is 32.3. The fourth-order valence-electron chi connectivity index (χ4n) is 4.66. The smallest absolute Gasteiger partial charge is 0.388 e. The van der Waals surface area contributed by atoms with Crippen LogP contribution in [0.15, 0.2) is 0 Å². The van der Waals surface area contributed by atoms with Crippen LogP contribution in [0.1, 0.15) is 13.8 Å². The molecule has 0 aromatic carbocycles. The van der Waals surface area contributed by atoms with Crippen LogP contribution in [0.2, 0.25) is 0 Å². The van der Waals surface area contributed by atoms with Crippen LogP contribution in [-0.2, 0) is 57.6 Å². The lowest BCUT2D eigenvalue weighted by Crippen LogP contribution is -2.68. The van der Waals surface area contributed by atoms with Crippen LogP contribution in [0.3, 0.4) is 0 Å². The van der Waals surface area contributed by atoms with Crippen LogP contribution < -0.4 is 5.32 Å². The Bertz CT molecular complexity index is 1190. The zero-order valence-electron chi connectivity index (χ0n) is 22.8. The van der Waals surface area contributed by atoms with Crippen molar-refractivity contribution in [1.29, 1.82) is 0 Å². The largest absolute Gasteiger partial charge is 0.397 e. The van der Waals surface area contributed by atoms with E-state index >= 15 is 0 Å². The van der Waals surface area contributed by atoms with Crippen molar-refractivity contribution in [3.05, 3.63) is 0 Å². The van der Waals surface area contributed by atoms with Crippen molar-refractivity contribution in [3.63, 3.8) is 0 Å². The maximum absolute atomic E-state index is 11.9. The van der Waals surface area contributed by atoms with Gasteiger partial charge in [0.1, 0.15) is 67.1 Å². The van der Waals surface area contributed by atoms with Crippen molar-refractivity contribution < 1.29 is 98.5 Å². The van der Waals surface area contributed by atoms with Gasteiger partial charge in [0, 0.05) is 6.92 Å². The molecule has 0 unspecified atom stereocenters. The molecule has 44 heavy (non-hydrogen) atoms. The van der Waals surface area contributed by atoms with Crippen molar-refractivity contribution in [1.82, 2.24) is 5.32 Å². The van der Waals surface area contributed by atoms with E-state index in [0.717, 1.165) is 6.92 Å². The average molecular weight is 690 g/mol. The van der Waals surface area contributed by atoms with Gasteiger partial charge in [-0.3, -0.25) is 13.9 Å². The fraction of sp³-hybridized carbons (Fsp3) is 0.950. The first kappa shape index (κ1) is 37.2. The molecule has 10 N–H and O–H groups in total. The first-order valence-electron chi connectivity index (χ1n) is 12.7. The minimum atomic E-state index is -5.10. The molecule has 3 aliphatic heterocycles. The Hall–Kier alpha value is -1.27. The number of carbonyl (C=O) groups excluding carboxylic acids is 1. The summed E-state index contributed by atoms with van der Waals surface area (Å²) in [4.78, 5) is 11.9. The van der Waals surface area contributed by atoms with E-state index in [0.29, 0.717) is 0 Å². The van der Waals surface area contributed by atoms with Crippen molar-refractivity contribution in [2.75, 3.05) is 13.2 Å². The van der Waals surface area contributed by atoms with E-state index in [1.165, 1.54) is 6.92 Å². The van der Waals surface area contributed by atoms with Crippen LogP contribution in [0, 0.1) is 0 Å². The number of amides is 1. The third-order valence-electron chi connectivity index (χ3n) is 6.86. The summed E-state index contributed by atoms with van der Waals surface area (Å²) in [7, 11) is -10.2. The Morgan fingerprint density at radius 2 is 1.20 bits per heavy atom. The monoisotopic (exact) mass is 689 g/mol. The van der Waals surface area contributed by atoms with E-state index in [4.69, 9.17) is 32.8 Å². The van der Waals surface area contributed by atoms with E-state index in [2.05, 4.69) is 13.7 Å². The molecule has 0 bridgehead atoms. The lowest BCUT2D eigenvalue weighted by atomic mass is 9.95. The van der Waals surface area contributed by atoms with E-state index in [1.807, 2.05) is 0 Å². The second kappa shape index (κ2) is 14.7. The SMILES string of the molecule is CC(=O)N[C@@H]1[C@@H](O[C@@H]2O[C@H](COS(=O)(=O)O)[C@H](O)[C@H](O)[C@H]2O[C@@H]2O[C@@H](C)[C@@H](O)[C@@H](O)[C@@H]2O)[C@H](O)[C@@H](COS(=O)(=O)O)O[C@H]1O. The first-order chi connectivity index (χ1) is 20.2. The first-order valence-corrected chi connectivity index (χ1v) is 15.5. The standard InChI is InChI=1S/C20H35NO21S2/c1-5-10(23)13(26)15(28)19(38-5)42-17-14(27)11(24)7(3-36-43(30,31)32)40-20(17)41-16-9(21-6(2)22)18(29)39-8(12(16)25)4-37-44(33,34)35/h5,7-20,23-29H,3-4H2,1-2H3,(H,21,22)(H,30,31,32)(H,33,34,35)/t5-,7+,8+,9+,10+,11-,12+,13+,14-,15-,16+,17+,18+,19-,20-/m0/s1. The Kier molecular flexibility index (Phi) is 12.4. The predicted molar refractivity (Wildman–Crippen MR) is 132 cm³/mol. The molecule has 3 rings (SSSR count). The third kappa shape index (κ3) is 9.39. The topological polar surface area (TPSA) is 344 Å². The van der Waals surface area contributed by atoms with Gasteiger partial charge in [0.2, 0.25) is 5.91 Å². The van der Waals surface area contributed by atoms with Crippen molar-refractivity contribution >= 4 is 26.7 Å². The maximum Gasteiger partial charge on any atom is 0.397 e. The quantitative estimate of drug-likeness (QED) is 0.0901. The van der Waals surface area contributed by atoms with E-state index < -0.39 is 132 Å². The molecular formula is C20H35NO21S2. The van der Waals surface area contributed by atoms with Gasteiger partial charge in [0.05, 0.1) is 19.3 Å². The van der Waals surface area contributed by atoms with Crippen LogP contribution in [0.4, 0.5) is 0 Å². The number of hydrogen-bond acceptors (Lipinski definition) is 19. The normalized spacial score (nSPS) is 43.8. The molecule has 0 spiro atoms. The van der Waals surface area contributed by atoms with Crippen LogP contribution >= 0.6 is 0 Å². The molecule has 258 valence electrons. The van der Waals surface area contributed by atoms with Gasteiger partial charge in [-0.05, 0) is 6.92 Å². The summed E-state index contributed by atoms with van der Waals surface area (Å²) in [6.07, 6.45) is -26.2. The van der Waals surface area contributed by atoms with Crippen LogP contribution in [-0.4, -0.2) is 173 Å². The van der Waals surface area contributed by atoms with E-state index in [9.17, 15) is 57.4 Å². The van der Waals surface area contributed by atoms with Crippen LogP contribution in [0.25, 0.3) is 0 Å². The molecule has 0 aromatic heterocycles. The number of aliphatic hydroxyl groups excluding tert-OH is 7. The van der Waals surface area contributed by atoms with Gasteiger partial charge >= 0.3 is 20.8 Å². The second-order valence-electron chi connectivity index (χ2n) is 10.1. The maximum atomic E-state index is 11.9. The molecule has 0 saturated carbocycles. The van der Waals surface area contributed by atoms with Crippen molar-refractivity contribution in [3.8, 4) is 0 Å². The molecule has 3 saturated heterocycles. The summed E-state index contributed by atoms with van der Waals surface area (Å²) in [5.74, 6) is -0.807. The van der Waals surface area contributed by atoms with Crippen molar-refractivity contribution in [2.45, 2.75) is 106 Å². The Morgan fingerprint density at radius 3 is 1.73 bits per heavy atom. The number of hydrogen-bond donors (Lipinski definition) is 10. The van der Waals surface area contributed by atoms with Gasteiger partial charge in [-0.15, -0.1) is 0 Å². The molecule has 1 amide bonds. The molecule has 0 radical (unpaired) electrons. The molecule has 3 aliphatic rings. The minimum Gasteiger partial charge on any atom is -0.388 e. The average Bonchev–Trinajstić information content (AvgIpc) is 2.90. The summed E-state index contributed by atoms with van der Waals surface area (Å²) in [5.41, 5.74) is 0. The van der Waals surface area contributed by atoms with E-state index in [-0.39, 0.29) is 0 Å². The summed E-state index contributed by atoms with van der Waals surface area (Å²) < 4.78 is 97.7. The number of carbonyl (C=O) groups is 1. The van der Waals surface area contributed by atoms with Gasteiger partial charge in [0.25, 0.3) is 0 Å². The highest BCUT2D eigenvalue weighted by Crippen LogP contribution is 2.33. The highest BCUT2D eigenvalue weighted by Gasteiger charge is 2.54. The zero-order chi connectivity index (χ0) is 33.3. The van der Waals surface area contributed by atoms with Crippen molar-refractivity contribution in [2.24, 2.45) is 0 Å². The molecule has 3 heterocycles. The molecule has 24 heteroatoms. The molecular weight excluding hydrogens is 654 g/mol. The summed E-state index contributed by atoms with van der Waals surface area (Å²) in [6, 6.07) is -1.68. The van der Waals surface area contributed by atoms with Gasteiger partial charge < -0.3 is 64.7 Å². The zero-order valence-corrected chi connectivity index (χ0v) is 24.4.